The van der Waals surface area contributed by atoms with E-state index < -0.39 is 24.7 Å². The van der Waals surface area contributed by atoms with E-state index in [0.717, 1.165) is 12.8 Å². The van der Waals surface area contributed by atoms with Gasteiger partial charge in [0.25, 0.3) is 0 Å². The predicted molar refractivity (Wildman–Crippen MR) is 137 cm³/mol. The molecule has 0 aromatic rings. The average Bonchev–Trinajstić information content (AvgIpc) is 3.31. The second-order valence-corrected chi connectivity index (χ2v) is 12.3. The summed E-state index contributed by atoms with van der Waals surface area (Å²) < 4.78 is 22.2. The van der Waals surface area contributed by atoms with E-state index in [1.54, 1.807) is 13.0 Å². The predicted octanol–water partition coefficient (Wildman–Crippen LogP) is 5.25. The minimum atomic E-state index is -1.04. The molecule has 2 aliphatic carbocycles. The van der Waals surface area contributed by atoms with Gasteiger partial charge in [-0.25, -0.2) is 9.59 Å². The van der Waals surface area contributed by atoms with E-state index in [4.69, 9.17) is 18.9 Å². The third kappa shape index (κ3) is 7.55. The Morgan fingerprint density at radius 3 is 1.78 bits per heavy atom. The molecule has 4 rings (SSSR count). The average molecular weight is 509 g/mol. The molecule has 2 heterocycles. The van der Waals surface area contributed by atoms with Crippen LogP contribution in [0.15, 0.2) is 12.2 Å². The number of hydrogen-bond donors (Lipinski definition) is 1. The summed E-state index contributed by atoms with van der Waals surface area (Å²) in [5.41, 5.74) is 0. The molecular formula is C29H48O7. The Labute approximate surface area is 217 Å². The van der Waals surface area contributed by atoms with Crippen molar-refractivity contribution in [1.29, 1.82) is 0 Å². The van der Waals surface area contributed by atoms with Gasteiger partial charge in [-0.3, -0.25) is 0 Å². The summed E-state index contributed by atoms with van der Waals surface area (Å²) in [6.45, 7) is 15.2. The van der Waals surface area contributed by atoms with E-state index >= 15 is 0 Å². The van der Waals surface area contributed by atoms with Crippen LogP contribution in [0.4, 0.5) is 0 Å². The molecule has 2 unspecified atom stereocenters. The quantitative estimate of drug-likeness (QED) is 0.490. The molecule has 7 heteroatoms. The van der Waals surface area contributed by atoms with Gasteiger partial charge in [0.2, 0.25) is 12.6 Å². The molecule has 206 valence electrons. The van der Waals surface area contributed by atoms with Gasteiger partial charge in [-0.05, 0) is 67.3 Å². The second-order valence-electron chi connectivity index (χ2n) is 12.3. The molecule has 3 fully saturated rings. The molecule has 2 saturated carbocycles. The van der Waals surface area contributed by atoms with Gasteiger partial charge in [0.15, 0.2) is 6.10 Å². The van der Waals surface area contributed by atoms with Crippen molar-refractivity contribution in [2.24, 2.45) is 41.4 Å². The van der Waals surface area contributed by atoms with E-state index in [1.807, 2.05) is 0 Å². The monoisotopic (exact) mass is 508 g/mol. The van der Waals surface area contributed by atoms with Gasteiger partial charge in [0.1, 0.15) is 0 Å². The molecule has 0 radical (unpaired) electrons. The summed E-state index contributed by atoms with van der Waals surface area (Å²) in [7, 11) is 0. The summed E-state index contributed by atoms with van der Waals surface area (Å²) >= 11 is 0. The van der Waals surface area contributed by atoms with Crippen LogP contribution in [0.5, 0.6) is 0 Å². The van der Waals surface area contributed by atoms with E-state index in [0.29, 0.717) is 35.5 Å². The van der Waals surface area contributed by atoms with Crippen LogP contribution < -0.4 is 0 Å². The third-order valence-electron chi connectivity index (χ3n) is 8.56. The van der Waals surface area contributed by atoms with Gasteiger partial charge in [0.05, 0.1) is 18.1 Å². The second kappa shape index (κ2) is 12.9. The molecule has 0 spiro atoms. The highest BCUT2D eigenvalue weighted by molar-refractivity contribution is 5.84. The van der Waals surface area contributed by atoms with Gasteiger partial charge in [0, 0.05) is 6.08 Å². The molecule has 2 aliphatic heterocycles. The standard InChI is InChI=1S/C15H26O4.C14H22O3/c1-8(2)11-6-5-9(3)7-12(11)18-15-10(4)13(16)14(17)19-15;1-9(2)11-5-4-10(3)8-12(11)16-14-7-6-13(15)17-14/h8-13,15-16H,5-7H2,1-4H3;6-7,9-12,14H,4-5,8H2,1-3H3/t9-,10-,11+,12?,13+,15-;10-,11+,12?,14-/m11/s1. The Bertz CT molecular complexity index is 763. The van der Waals surface area contributed by atoms with E-state index in [-0.39, 0.29) is 24.1 Å². The van der Waals surface area contributed by atoms with Crippen LogP contribution in [0, 0.1) is 41.4 Å². The number of carbonyl (C=O) groups excluding carboxylic acids is 2. The number of cyclic esters (lactones) is 2. The highest BCUT2D eigenvalue weighted by atomic mass is 16.7. The highest BCUT2D eigenvalue weighted by Crippen LogP contribution is 2.38. The zero-order chi connectivity index (χ0) is 26.6. The first-order chi connectivity index (χ1) is 17.0. The summed E-state index contributed by atoms with van der Waals surface area (Å²) in [6, 6.07) is 0. The lowest BCUT2D eigenvalue weighted by Crippen LogP contribution is -2.38. The number of aliphatic hydroxyl groups excluding tert-OH is 1. The molecule has 36 heavy (non-hydrogen) atoms. The van der Waals surface area contributed by atoms with Gasteiger partial charge in [-0.15, -0.1) is 0 Å². The smallest absolute Gasteiger partial charge is 0.337 e. The van der Waals surface area contributed by atoms with E-state index in [9.17, 15) is 14.7 Å². The van der Waals surface area contributed by atoms with Crippen LogP contribution in [0.1, 0.15) is 87.0 Å². The first-order valence-electron chi connectivity index (χ1n) is 14.0. The van der Waals surface area contributed by atoms with Crippen LogP contribution in [0.25, 0.3) is 0 Å². The molecule has 0 aromatic heterocycles. The SMILES string of the molecule is CC(C)[C@@H]1CC[C@@H](C)CC1O[C@@H]1OC(=O)[C@@H](O)[C@H]1C.CC(C)[C@@H]1CC[C@@H](C)CC1O[C@H]1C=CC(=O)O1. The molecule has 10 atom stereocenters. The maximum absolute atomic E-state index is 11.4. The number of rotatable bonds is 6. The van der Waals surface area contributed by atoms with Crippen LogP contribution in [0.2, 0.25) is 0 Å². The van der Waals surface area contributed by atoms with Crippen molar-refractivity contribution >= 4 is 11.9 Å². The van der Waals surface area contributed by atoms with Gasteiger partial charge >= 0.3 is 11.9 Å². The molecule has 7 nitrogen and oxygen atoms in total. The van der Waals surface area contributed by atoms with Crippen LogP contribution in [-0.4, -0.2) is 47.9 Å². The van der Waals surface area contributed by atoms with Gasteiger partial charge in [-0.2, -0.15) is 0 Å². The third-order valence-corrected chi connectivity index (χ3v) is 8.56. The van der Waals surface area contributed by atoms with Crippen molar-refractivity contribution in [3.63, 3.8) is 0 Å². The van der Waals surface area contributed by atoms with Crippen molar-refractivity contribution in [3.05, 3.63) is 12.2 Å². The van der Waals surface area contributed by atoms with Crippen LogP contribution in [-0.2, 0) is 28.5 Å². The minimum absolute atomic E-state index is 0.134. The summed E-state index contributed by atoms with van der Waals surface area (Å²) in [5.74, 6) is 2.51. The first kappa shape index (κ1) is 29.1. The Balaban J connectivity index is 0.000000202. The fourth-order valence-corrected chi connectivity index (χ4v) is 6.12. The first-order valence-corrected chi connectivity index (χ1v) is 14.0. The highest BCUT2D eigenvalue weighted by Gasteiger charge is 2.44. The van der Waals surface area contributed by atoms with Gasteiger partial charge in [-0.1, -0.05) is 61.3 Å². The number of carbonyl (C=O) groups is 2. The fraction of sp³-hybridized carbons (Fsp3) is 0.862. The maximum atomic E-state index is 11.4. The molecule has 1 N–H and O–H groups in total. The summed E-state index contributed by atoms with van der Waals surface area (Å²) in [4.78, 5) is 22.3. The molecule has 4 aliphatic rings. The van der Waals surface area contributed by atoms with E-state index in [2.05, 4.69) is 41.5 Å². The lowest BCUT2D eigenvalue weighted by molar-refractivity contribution is -0.194. The van der Waals surface area contributed by atoms with Crippen molar-refractivity contribution in [2.45, 2.75) is 118 Å². The zero-order valence-corrected chi connectivity index (χ0v) is 23.2. The molecule has 0 aromatic carbocycles. The largest absolute Gasteiger partial charge is 0.433 e. The van der Waals surface area contributed by atoms with Gasteiger partial charge < -0.3 is 24.1 Å². The molecule has 0 amide bonds. The van der Waals surface area contributed by atoms with E-state index in [1.165, 1.54) is 31.8 Å². The van der Waals surface area contributed by atoms with Crippen molar-refractivity contribution in [2.75, 3.05) is 0 Å². The molecule has 1 saturated heterocycles. The summed E-state index contributed by atoms with van der Waals surface area (Å²) in [6.07, 6.45) is 8.42. The Morgan fingerprint density at radius 2 is 1.36 bits per heavy atom. The Hall–Kier alpha value is -1.44. The van der Waals surface area contributed by atoms with Crippen molar-refractivity contribution in [3.8, 4) is 0 Å². The topological polar surface area (TPSA) is 91.3 Å². The zero-order valence-electron chi connectivity index (χ0n) is 23.2. The van der Waals surface area contributed by atoms with Crippen LogP contribution in [0.3, 0.4) is 0 Å². The lowest BCUT2D eigenvalue weighted by Gasteiger charge is -2.38. The maximum Gasteiger partial charge on any atom is 0.337 e. The Morgan fingerprint density at radius 1 is 0.833 bits per heavy atom. The fourth-order valence-electron chi connectivity index (χ4n) is 6.12. The number of hydrogen-bond acceptors (Lipinski definition) is 7. The number of esters is 2. The normalized spacial score (nSPS) is 40.7. The number of ether oxygens (including phenoxy) is 4. The van der Waals surface area contributed by atoms with Crippen LogP contribution >= 0.6 is 0 Å². The lowest BCUT2D eigenvalue weighted by atomic mass is 9.75. The molecular weight excluding hydrogens is 460 g/mol. The van der Waals surface area contributed by atoms with Crippen molar-refractivity contribution < 1.29 is 33.6 Å². The Kier molecular flexibility index (Phi) is 10.4. The number of aliphatic hydroxyl groups is 1. The minimum Gasteiger partial charge on any atom is -0.433 e. The van der Waals surface area contributed by atoms with Crippen molar-refractivity contribution in [1.82, 2.24) is 0 Å². The molecule has 0 bridgehead atoms. The summed E-state index contributed by atoms with van der Waals surface area (Å²) in [5, 5.41) is 9.64.